The molecule has 2 aromatic rings. The van der Waals surface area contributed by atoms with Gasteiger partial charge in [0.05, 0.1) is 0 Å². The van der Waals surface area contributed by atoms with E-state index in [1.165, 1.54) is 0 Å². The molecule has 2 rings (SSSR count). The molecule has 5 heteroatoms. The first-order chi connectivity index (χ1) is 8.58. The van der Waals surface area contributed by atoms with E-state index < -0.39 is 0 Å². The summed E-state index contributed by atoms with van der Waals surface area (Å²) in [5.74, 6) is 0.836. The fraction of sp³-hybridized carbons (Fsp3) is 0.154. The van der Waals surface area contributed by atoms with Crippen molar-refractivity contribution in [3.63, 3.8) is 0 Å². The van der Waals surface area contributed by atoms with Crippen LogP contribution in [0.1, 0.15) is 11.3 Å². The maximum absolute atomic E-state index is 5.63. The van der Waals surface area contributed by atoms with E-state index >= 15 is 0 Å². The average molecular weight is 258 g/mol. The van der Waals surface area contributed by atoms with Crippen LogP contribution in [0.25, 0.3) is 0 Å². The summed E-state index contributed by atoms with van der Waals surface area (Å²) in [6.45, 7) is 1.93. The highest BCUT2D eigenvalue weighted by atomic mass is 32.1. The van der Waals surface area contributed by atoms with Crippen molar-refractivity contribution in [2.45, 2.75) is 6.92 Å². The molecule has 0 saturated carbocycles. The van der Waals surface area contributed by atoms with Crippen LogP contribution in [-0.2, 0) is 0 Å². The molecular formula is C13H14N4S. The largest absolute Gasteiger partial charge is 0.389 e. The van der Waals surface area contributed by atoms with E-state index in [9.17, 15) is 0 Å². The number of benzene rings is 1. The minimum Gasteiger partial charge on any atom is -0.389 e. The second-order valence-corrected chi connectivity index (χ2v) is 4.43. The Hall–Kier alpha value is -2.01. The third kappa shape index (κ3) is 2.62. The summed E-state index contributed by atoms with van der Waals surface area (Å²) in [6, 6.07) is 9.67. The Morgan fingerprint density at radius 2 is 2.06 bits per heavy atom. The standard InChI is InChI=1S/C13H14N4S/c1-9-6-12(16-8-15-9)17(2)11-5-3-4-10(7-11)13(14)18/h3-8H,1-2H3,(H2,14,18). The molecule has 1 aromatic heterocycles. The highest BCUT2D eigenvalue weighted by Crippen LogP contribution is 2.22. The summed E-state index contributed by atoms with van der Waals surface area (Å²) in [5, 5.41) is 0. The van der Waals surface area contributed by atoms with Gasteiger partial charge in [0.2, 0.25) is 0 Å². The lowest BCUT2D eigenvalue weighted by molar-refractivity contribution is 1.05. The molecule has 0 fully saturated rings. The lowest BCUT2D eigenvalue weighted by Crippen LogP contribution is -2.14. The Morgan fingerprint density at radius 1 is 1.28 bits per heavy atom. The zero-order valence-electron chi connectivity index (χ0n) is 10.3. The summed E-state index contributed by atoms with van der Waals surface area (Å²) < 4.78 is 0. The molecule has 0 bridgehead atoms. The highest BCUT2D eigenvalue weighted by molar-refractivity contribution is 7.80. The van der Waals surface area contributed by atoms with Crippen LogP contribution in [0.2, 0.25) is 0 Å². The zero-order valence-corrected chi connectivity index (χ0v) is 11.1. The van der Waals surface area contributed by atoms with Gasteiger partial charge in [-0.1, -0.05) is 24.4 Å². The molecule has 0 saturated heterocycles. The van der Waals surface area contributed by atoms with Crippen molar-refractivity contribution in [1.29, 1.82) is 0 Å². The fourth-order valence-corrected chi connectivity index (χ4v) is 1.75. The van der Waals surface area contributed by atoms with Crippen LogP contribution in [0.4, 0.5) is 11.5 Å². The number of hydrogen-bond donors (Lipinski definition) is 1. The Morgan fingerprint density at radius 3 is 2.72 bits per heavy atom. The maximum atomic E-state index is 5.63. The molecule has 0 spiro atoms. The topological polar surface area (TPSA) is 55.0 Å². The summed E-state index contributed by atoms with van der Waals surface area (Å²) in [6.07, 6.45) is 1.55. The molecule has 0 unspecified atom stereocenters. The van der Waals surface area contributed by atoms with Crippen molar-refractivity contribution in [1.82, 2.24) is 9.97 Å². The monoisotopic (exact) mass is 258 g/mol. The van der Waals surface area contributed by atoms with Gasteiger partial charge >= 0.3 is 0 Å². The molecule has 4 nitrogen and oxygen atoms in total. The summed E-state index contributed by atoms with van der Waals surface area (Å²) >= 11 is 4.98. The number of anilines is 2. The van der Waals surface area contributed by atoms with E-state index in [1.54, 1.807) is 6.33 Å². The van der Waals surface area contributed by atoms with Gasteiger partial charge in [0.1, 0.15) is 17.1 Å². The SMILES string of the molecule is Cc1cc(N(C)c2cccc(C(N)=S)c2)ncn1. The van der Waals surface area contributed by atoms with Crippen LogP contribution < -0.4 is 10.6 Å². The highest BCUT2D eigenvalue weighted by Gasteiger charge is 2.07. The predicted octanol–water partition coefficient (Wildman–Crippen LogP) is 2.19. The van der Waals surface area contributed by atoms with Crippen molar-refractivity contribution >= 4 is 28.7 Å². The van der Waals surface area contributed by atoms with Crippen molar-refractivity contribution in [2.75, 3.05) is 11.9 Å². The van der Waals surface area contributed by atoms with Crippen molar-refractivity contribution in [2.24, 2.45) is 5.73 Å². The van der Waals surface area contributed by atoms with E-state index in [0.29, 0.717) is 4.99 Å². The molecule has 92 valence electrons. The number of aryl methyl sites for hydroxylation is 1. The van der Waals surface area contributed by atoms with Crippen LogP contribution in [0, 0.1) is 6.92 Å². The molecule has 18 heavy (non-hydrogen) atoms. The Balaban J connectivity index is 2.36. The molecule has 2 N–H and O–H groups in total. The number of aromatic nitrogens is 2. The average Bonchev–Trinajstić information content (AvgIpc) is 2.38. The fourth-order valence-electron chi connectivity index (χ4n) is 1.62. The molecule has 0 aliphatic rings. The number of hydrogen-bond acceptors (Lipinski definition) is 4. The van der Waals surface area contributed by atoms with Gasteiger partial charge in [-0.05, 0) is 19.1 Å². The first-order valence-electron chi connectivity index (χ1n) is 5.50. The first-order valence-corrected chi connectivity index (χ1v) is 5.91. The smallest absolute Gasteiger partial charge is 0.136 e. The second kappa shape index (κ2) is 5.10. The Labute approximate surface area is 111 Å². The number of thiocarbonyl (C=S) groups is 1. The minimum absolute atomic E-state index is 0.393. The maximum Gasteiger partial charge on any atom is 0.136 e. The van der Waals surface area contributed by atoms with Gasteiger partial charge in [-0.2, -0.15) is 0 Å². The lowest BCUT2D eigenvalue weighted by atomic mass is 10.2. The molecule has 0 atom stereocenters. The van der Waals surface area contributed by atoms with Crippen molar-refractivity contribution in [3.8, 4) is 0 Å². The van der Waals surface area contributed by atoms with Gasteiger partial charge < -0.3 is 10.6 Å². The molecule has 0 aliphatic heterocycles. The quantitative estimate of drug-likeness (QED) is 0.855. The minimum atomic E-state index is 0.393. The molecule has 0 aliphatic carbocycles. The predicted molar refractivity (Wildman–Crippen MR) is 77.2 cm³/mol. The van der Waals surface area contributed by atoms with Gasteiger partial charge in [0.15, 0.2) is 0 Å². The number of nitrogens with two attached hydrogens (primary N) is 1. The number of nitrogens with zero attached hydrogens (tertiary/aromatic N) is 3. The van der Waals surface area contributed by atoms with Crippen LogP contribution in [0.15, 0.2) is 36.7 Å². The molecule has 1 aromatic carbocycles. The third-order valence-electron chi connectivity index (χ3n) is 2.65. The van der Waals surface area contributed by atoms with Crippen LogP contribution in [-0.4, -0.2) is 22.0 Å². The van der Waals surface area contributed by atoms with Gasteiger partial charge in [0, 0.05) is 30.1 Å². The normalized spacial score (nSPS) is 10.1. The molecule has 0 amide bonds. The molecule has 0 radical (unpaired) electrons. The van der Waals surface area contributed by atoms with E-state index in [4.69, 9.17) is 18.0 Å². The molecule has 1 heterocycles. The first kappa shape index (κ1) is 12.4. The second-order valence-electron chi connectivity index (χ2n) is 3.99. The van der Waals surface area contributed by atoms with E-state index in [-0.39, 0.29) is 0 Å². The van der Waals surface area contributed by atoms with E-state index in [2.05, 4.69) is 9.97 Å². The third-order valence-corrected chi connectivity index (χ3v) is 2.89. The van der Waals surface area contributed by atoms with Crippen molar-refractivity contribution < 1.29 is 0 Å². The van der Waals surface area contributed by atoms with Crippen LogP contribution in [0.3, 0.4) is 0 Å². The van der Waals surface area contributed by atoms with E-state index in [0.717, 1.165) is 22.8 Å². The summed E-state index contributed by atoms with van der Waals surface area (Å²) in [4.78, 5) is 10.7. The van der Waals surface area contributed by atoms with Crippen LogP contribution >= 0.6 is 12.2 Å². The van der Waals surface area contributed by atoms with E-state index in [1.807, 2.05) is 49.2 Å². The van der Waals surface area contributed by atoms with Gasteiger partial charge in [0.25, 0.3) is 0 Å². The summed E-state index contributed by atoms with van der Waals surface area (Å²) in [5.41, 5.74) is 8.39. The van der Waals surface area contributed by atoms with Gasteiger partial charge in [-0.3, -0.25) is 0 Å². The van der Waals surface area contributed by atoms with Gasteiger partial charge in [-0.15, -0.1) is 0 Å². The summed E-state index contributed by atoms with van der Waals surface area (Å²) in [7, 11) is 1.94. The lowest BCUT2D eigenvalue weighted by Gasteiger charge is -2.19. The zero-order chi connectivity index (χ0) is 13.1. The van der Waals surface area contributed by atoms with Crippen molar-refractivity contribution in [3.05, 3.63) is 47.9 Å². The Kier molecular flexibility index (Phi) is 3.53. The van der Waals surface area contributed by atoms with Gasteiger partial charge in [-0.25, -0.2) is 9.97 Å². The Bertz CT molecular complexity index is 583. The molecular weight excluding hydrogens is 244 g/mol. The van der Waals surface area contributed by atoms with Crippen LogP contribution in [0.5, 0.6) is 0 Å². The number of rotatable bonds is 3.